The molecule has 3 rings (SSSR count). The number of carbonyl (C=O) groups is 1. The van der Waals surface area contributed by atoms with Crippen molar-refractivity contribution in [1.29, 1.82) is 0 Å². The van der Waals surface area contributed by atoms with E-state index in [-0.39, 0.29) is 13.2 Å². The maximum absolute atomic E-state index is 12.0. The number of aryl methyl sites for hydroxylation is 1. The van der Waals surface area contributed by atoms with Crippen LogP contribution in [0.1, 0.15) is 36.6 Å². The molecule has 2 aromatic heterocycles. The lowest BCUT2D eigenvalue weighted by Gasteiger charge is -2.14. The Labute approximate surface area is 151 Å². The molecule has 6 nitrogen and oxygen atoms in total. The predicted molar refractivity (Wildman–Crippen MR) is 94.8 cm³/mol. The van der Waals surface area contributed by atoms with Crippen LogP contribution >= 0.6 is 0 Å². The fourth-order valence-corrected chi connectivity index (χ4v) is 2.49. The lowest BCUT2D eigenvalue weighted by atomic mass is 10.0. The van der Waals surface area contributed by atoms with E-state index in [9.17, 15) is 4.79 Å². The standard InChI is InChI=1S/C20H21NO5/c1-13(2)16-7-6-14(3)9-18(16)24-12-20(22)25-11-15-10-19(26-21-15)17-5-4-8-23-17/h4-10,13H,11-12H2,1-3H3. The first-order chi connectivity index (χ1) is 12.5. The lowest BCUT2D eigenvalue weighted by molar-refractivity contribution is -0.147. The Bertz CT molecular complexity index is 864. The van der Waals surface area contributed by atoms with Gasteiger partial charge in [-0.25, -0.2) is 4.79 Å². The van der Waals surface area contributed by atoms with E-state index in [0.717, 1.165) is 11.1 Å². The molecule has 0 amide bonds. The number of carbonyl (C=O) groups excluding carboxylic acids is 1. The van der Waals surface area contributed by atoms with Crippen LogP contribution in [0.4, 0.5) is 0 Å². The van der Waals surface area contributed by atoms with E-state index in [4.69, 9.17) is 18.4 Å². The van der Waals surface area contributed by atoms with Gasteiger partial charge >= 0.3 is 5.97 Å². The molecule has 6 heteroatoms. The fourth-order valence-electron chi connectivity index (χ4n) is 2.49. The van der Waals surface area contributed by atoms with Crippen molar-refractivity contribution in [3.63, 3.8) is 0 Å². The van der Waals surface area contributed by atoms with E-state index < -0.39 is 5.97 Å². The van der Waals surface area contributed by atoms with Crippen molar-refractivity contribution >= 4 is 5.97 Å². The predicted octanol–water partition coefficient (Wildman–Crippen LogP) is 4.49. The molecule has 0 saturated carbocycles. The number of hydrogen-bond acceptors (Lipinski definition) is 6. The van der Waals surface area contributed by atoms with Crippen molar-refractivity contribution in [2.75, 3.05) is 6.61 Å². The Kier molecular flexibility index (Phi) is 5.41. The third-order valence-electron chi connectivity index (χ3n) is 3.84. The Hall–Kier alpha value is -3.02. The summed E-state index contributed by atoms with van der Waals surface area (Å²) in [5.74, 6) is 1.59. The third-order valence-corrected chi connectivity index (χ3v) is 3.84. The van der Waals surface area contributed by atoms with Crippen LogP contribution in [0, 0.1) is 6.92 Å². The van der Waals surface area contributed by atoms with Crippen molar-refractivity contribution in [1.82, 2.24) is 5.16 Å². The van der Waals surface area contributed by atoms with E-state index >= 15 is 0 Å². The molecule has 0 unspecified atom stereocenters. The highest BCUT2D eigenvalue weighted by Gasteiger charge is 2.13. The van der Waals surface area contributed by atoms with Crippen molar-refractivity contribution < 1.29 is 23.2 Å². The average molecular weight is 355 g/mol. The number of aromatic nitrogens is 1. The largest absolute Gasteiger partial charge is 0.482 e. The summed E-state index contributed by atoms with van der Waals surface area (Å²) in [5, 5.41) is 3.86. The highest BCUT2D eigenvalue weighted by molar-refractivity contribution is 5.71. The Morgan fingerprint density at radius 2 is 2.04 bits per heavy atom. The number of esters is 1. The smallest absolute Gasteiger partial charge is 0.344 e. The number of benzene rings is 1. The van der Waals surface area contributed by atoms with Gasteiger partial charge in [0.15, 0.2) is 12.4 Å². The zero-order valence-electron chi connectivity index (χ0n) is 15.0. The van der Waals surface area contributed by atoms with Crippen LogP contribution in [0.5, 0.6) is 5.75 Å². The number of rotatable bonds is 7. The van der Waals surface area contributed by atoms with Gasteiger partial charge in [-0.1, -0.05) is 31.1 Å². The normalized spacial score (nSPS) is 10.9. The van der Waals surface area contributed by atoms with Gasteiger partial charge in [-0.05, 0) is 42.2 Å². The van der Waals surface area contributed by atoms with Crippen LogP contribution in [0.25, 0.3) is 11.5 Å². The van der Waals surface area contributed by atoms with Gasteiger partial charge in [0.25, 0.3) is 0 Å². The Morgan fingerprint density at radius 3 is 2.77 bits per heavy atom. The zero-order chi connectivity index (χ0) is 18.5. The summed E-state index contributed by atoms with van der Waals surface area (Å²) in [6.07, 6.45) is 1.55. The zero-order valence-corrected chi connectivity index (χ0v) is 15.0. The summed E-state index contributed by atoms with van der Waals surface area (Å²) >= 11 is 0. The highest BCUT2D eigenvalue weighted by Crippen LogP contribution is 2.27. The van der Waals surface area contributed by atoms with Crippen LogP contribution < -0.4 is 4.74 Å². The molecular formula is C20H21NO5. The first kappa shape index (κ1) is 17.8. The number of ether oxygens (including phenoxy) is 2. The molecule has 26 heavy (non-hydrogen) atoms. The second-order valence-electron chi connectivity index (χ2n) is 6.31. The molecule has 0 radical (unpaired) electrons. The van der Waals surface area contributed by atoms with Gasteiger partial charge in [0.05, 0.1) is 6.26 Å². The summed E-state index contributed by atoms with van der Waals surface area (Å²) in [7, 11) is 0. The monoisotopic (exact) mass is 355 g/mol. The molecule has 0 aliphatic carbocycles. The van der Waals surface area contributed by atoms with E-state index in [2.05, 4.69) is 19.0 Å². The van der Waals surface area contributed by atoms with Gasteiger partial charge in [-0.3, -0.25) is 0 Å². The van der Waals surface area contributed by atoms with Gasteiger partial charge in [0.1, 0.15) is 18.1 Å². The first-order valence-electron chi connectivity index (χ1n) is 8.41. The van der Waals surface area contributed by atoms with E-state index in [1.54, 1.807) is 24.5 Å². The van der Waals surface area contributed by atoms with Gasteiger partial charge in [-0.15, -0.1) is 0 Å². The number of hydrogen-bond donors (Lipinski definition) is 0. The molecule has 0 aliphatic heterocycles. The lowest BCUT2D eigenvalue weighted by Crippen LogP contribution is -2.15. The van der Waals surface area contributed by atoms with Gasteiger partial charge in [0.2, 0.25) is 5.76 Å². The van der Waals surface area contributed by atoms with Gasteiger partial charge < -0.3 is 18.4 Å². The van der Waals surface area contributed by atoms with Crippen molar-refractivity contribution in [3.05, 3.63) is 59.5 Å². The Morgan fingerprint density at radius 1 is 1.19 bits per heavy atom. The van der Waals surface area contributed by atoms with Crippen LogP contribution in [0.3, 0.4) is 0 Å². The van der Waals surface area contributed by atoms with Crippen molar-refractivity contribution in [2.24, 2.45) is 0 Å². The van der Waals surface area contributed by atoms with Gasteiger partial charge in [-0.2, -0.15) is 0 Å². The molecule has 0 aliphatic rings. The molecule has 0 saturated heterocycles. The number of furan rings is 1. The Balaban J connectivity index is 1.53. The van der Waals surface area contributed by atoms with E-state index in [1.165, 1.54) is 0 Å². The third kappa shape index (κ3) is 4.33. The van der Waals surface area contributed by atoms with Crippen LogP contribution in [0.2, 0.25) is 0 Å². The molecule has 0 fully saturated rings. The summed E-state index contributed by atoms with van der Waals surface area (Å²) in [4.78, 5) is 12.0. The minimum absolute atomic E-state index is 0.0112. The van der Waals surface area contributed by atoms with E-state index in [1.807, 2.05) is 25.1 Å². The SMILES string of the molecule is Cc1ccc(C(C)C)c(OCC(=O)OCc2cc(-c3ccco3)on2)c1. The quantitative estimate of drug-likeness (QED) is 0.581. The fraction of sp³-hybridized carbons (Fsp3) is 0.300. The highest BCUT2D eigenvalue weighted by atomic mass is 16.6. The molecule has 0 spiro atoms. The molecule has 0 bridgehead atoms. The maximum Gasteiger partial charge on any atom is 0.344 e. The number of nitrogens with zero attached hydrogens (tertiary/aromatic N) is 1. The summed E-state index contributed by atoms with van der Waals surface area (Å²) in [6, 6.07) is 11.2. The molecular weight excluding hydrogens is 334 g/mol. The summed E-state index contributed by atoms with van der Waals surface area (Å²) < 4.78 is 21.2. The summed E-state index contributed by atoms with van der Waals surface area (Å²) in [5.41, 5.74) is 2.64. The molecule has 3 aromatic rings. The van der Waals surface area contributed by atoms with Crippen LogP contribution in [-0.2, 0) is 16.1 Å². The average Bonchev–Trinajstić information content (AvgIpc) is 3.29. The van der Waals surface area contributed by atoms with Crippen LogP contribution in [-0.4, -0.2) is 17.7 Å². The maximum atomic E-state index is 12.0. The first-order valence-corrected chi connectivity index (χ1v) is 8.41. The van der Waals surface area contributed by atoms with Crippen molar-refractivity contribution in [3.8, 4) is 17.3 Å². The van der Waals surface area contributed by atoms with Crippen molar-refractivity contribution in [2.45, 2.75) is 33.3 Å². The molecule has 1 aromatic carbocycles. The van der Waals surface area contributed by atoms with E-state index in [0.29, 0.717) is 28.9 Å². The molecule has 2 heterocycles. The molecule has 136 valence electrons. The second-order valence-corrected chi connectivity index (χ2v) is 6.31. The summed E-state index contributed by atoms with van der Waals surface area (Å²) in [6.45, 7) is 5.99. The minimum Gasteiger partial charge on any atom is -0.482 e. The second kappa shape index (κ2) is 7.91. The van der Waals surface area contributed by atoms with Crippen LogP contribution in [0.15, 0.2) is 51.6 Å². The van der Waals surface area contributed by atoms with Gasteiger partial charge in [0, 0.05) is 6.07 Å². The topological polar surface area (TPSA) is 74.7 Å². The molecule has 0 atom stereocenters. The molecule has 0 N–H and O–H groups in total. The minimum atomic E-state index is -0.469.